The fourth-order valence-corrected chi connectivity index (χ4v) is 8.97. The third kappa shape index (κ3) is 10.8. The first-order valence-corrected chi connectivity index (χ1v) is 23.4. The first kappa shape index (κ1) is 49.8. The normalized spacial score (nSPS) is 17.1. The summed E-state index contributed by atoms with van der Waals surface area (Å²) in [5.74, 6) is -1.26. The van der Waals surface area contributed by atoms with Gasteiger partial charge in [-0.3, -0.25) is 14.4 Å². The number of rotatable bonds is 16. The number of benzene rings is 2. The smallest absolute Gasteiger partial charge is 0.415 e. The molecule has 1 saturated heterocycles. The molecule has 2 aromatic carbocycles. The van der Waals surface area contributed by atoms with Crippen molar-refractivity contribution in [2.45, 2.75) is 111 Å². The molecular weight excluding hydrogens is 891 g/mol. The van der Waals surface area contributed by atoms with E-state index in [2.05, 4.69) is 21.3 Å². The number of nitrogens with zero attached hydrogens (tertiary/aromatic N) is 4. The van der Waals surface area contributed by atoms with E-state index in [4.69, 9.17) is 24.9 Å². The van der Waals surface area contributed by atoms with E-state index in [0.29, 0.717) is 46.7 Å². The minimum atomic E-state index is -1.93. The number of aryl methyl sites for hydroxylation is 1. The van der Waals surface area contributed by atoms with Crippen LogP contribution >= 0.6 is 0 Å². The number of carbonyl (C=O) groups excluding carboxylic acids is 6. The van der Waals surface area contributed by atoms with Gasteiger partial charge in [0.15, 0.2) is 5.60 Å². The molecule has 0 saturated carbocycles. The monoisotopic (exact) mass is 951 g/mol. The van der Waals surface area contributed by atoms with Gasteiger partial charge < -0.3 is 60.7 Å². The minimum absolute atomic E-state index is 0.0355. The van der Waals surface area contributed by atoms with Crippen LogP contribution in [0.15, 0.2) is 53.3 Å². The Balaban J connectivity index is 0.916. The molecule has 3 atom stereocenters. The van der Waals surface area contributed by atoms with Gasteiger partial charge in [0.1, 0.15) is 25.0 Å². The average molecular weight is 952 g/mol. The molecule has 0 bridgehead atoms. The highest BCUT2D eigenvalue weighted by Crippen LogP contribution is 2.41. The second-order valence-corrected chi connectivity index (χ2v) is 18.2. The molecule has 0 spiro atoms. The van der Waals surface area contributed by atoms with E-state index in [-0.39, 0.29) is 99.9 Å². The molecule has 0 aliphatic carbocycles. The number of aliphatic hydroxyl groups is 1. The number of aromatic nitrogens is 2. The molecule has 7 rings (SSSR count). The Morgan fingerprint density at radius 2 is 1.61 bits per heavy atom. The van der Waals surface area contributed by atoms with Crippen LogP contribution in [0.25, 0.3) is 22.3 Å². The molecule has 368 valence electrons. The number of primary amides is 1. The van der Waals surface area contributed by atoms with Gasteiger partial charge in [-0.15, -0.1) is 0 Å². The van der Waals surface area contributed by atoms with Gasteiger partial charge in [-0.05, 0) is 79.1 Å². The highest BCUT2D eigenvalue weighted by Gasteiger charge is 2.45. The van der Waals surface area contributed by atoms with E-state index in [9.17, 15) is 38.7 Å². The third-order valence-corrected chi connectivity index (χ3v) is 12.8. The molecule has 69 heavy (non-hydrogen) atoms. The highest BCUT2D eigenvalue weighted by atomic mass is 16.6. The van der Waals surface area contributed by atoms with E-state index in [0.717, 1.165) is 16.5 Å². The Labute approximate surface area is 399 Å². The average Bonchev–Trinajstić information content (AvgIpc) is 3.69. The molecule has 3 aliphatic rings. The van der Waals surface area contributed by atoms with Crippen molar-refractivity contribution in [1.82, 2.24) is 35.3 Å². The largest absolute Gasteiger partial charge is 0.458 e. The number of hydrogen-bond acceptors (Lipinski definition) is 13. The van der Waals surface area contributed by atoms with E-state index < -0.39 is 47.8 Å². The van der Waals surface area contributed by atoms with Crippen molar-refractivity contribution in [3.63, 3.8) is 0 Å². The fourth-order valence-electron chi connectivity index (χ4n) is 8.97. The topological polar surface area (TPSA) is 266 Å². The van der Waals surface area contributed by atoms with Crippen molar-refractivity contribution in [1.29, 1.82) is 0 Å². The molecule has 4 aromatic rings. The lowest BCUT2D eigenvalue weighted by Gasteiger charge is -2.33. The second-order valence-electron chi connectivity index (χ2n) is 18.2. The number of carbonyl (C=O) groups is 6. The molecule has 5 heterocycles. The summed E-state index contributed by atoms with van der Waals surface area (Å²) in [6.45, 7) is 12.4. The minimum Gasteiger partial charge on any atom is -0.458 e. The molecule has 6 amide bonds. The van der Waals surface area contributed by atoms with Crippen LogP contribution in [0.5, 0.6) is 5.75 Å². The van der Waals surface area contributed by atoms with Crippen LogP contribution in [0.4, 0.5) is 20.1 Å². The summed E-state index contributed by atoms with van der Waals surface area (Å²) in [6, 6.07) is 11.5. The number of nitrogens with one attached hydrogen (secondary N) is 4. The number of urea groups is 1. The molecule has 3 aliphatic heterocycles. The van der Waals surface area contributed by atoms with Crippen molar-refractivity contribution in [3.05, 3.63) is 86.7 Å². The molecular formula is C49H61N9O11. The number of hydrogen-bond donors (Lipinski definition) is 6. The zero-order valence-electron chi connectivity index (χ0n) is 39.8. The lowest BCUT2D eigenvalue weighted by atomic mass is 9.86. The molecule has 2 aromatic heterocycles. The number of ether oxygens (including phenoxy) is 3. The quantitative estimate of drug-likeness (QED) is 0.0605. The lowest BCUT2D eigenvalue weighted by molar-refractivity contribution is -0.172. The molecule has 7 N–H and O–H groups in total. The SMILES string of the molecule is CCc1c2c(nc3ccc(OC(=O)N4CCN(C(=O)OCc5ccc(NC(=O)[C@H](CCCNC(N)=O)NC(=O)[C@@H](NC(C)C)C(C)C)cc5)CC4)cc13)-c1cc3c(c(=O)n1C2)COC(=O)[C@]3(O)CC. The summed E-state index contributed by atoms with van der Waals surface area (Å²) < 4.78 is 18.2. The lowest BCUT2D eigenvalue weighted by Crippen LogP contribution is -2.54. The van der Waals surface area contributed by atoms with Gasteiger partial charge in [-0.1, -0.05) is 53.7 Å². The maximum atomic E-state index is 13.7. The number of pyridine rings is 2. The van der Waals surface area contributed by atoms with Gasteiger partial charge in [0, 0.05) is 61.0 Å². The Morgan fingerprint density at radius 3 is 2.25 bits per heavy atom. The van der Waals surface area contributed by atoms with Gasteiger partial charge in [-0.25, -0.2) is 24.2 Å². The highest BCUT2D eigenvalue weighted by molar-refractivity contribution is 5.98. The van der Waals surface area contributed by atoms with Crippen LogP contribution in [-0.2, 0) is 55.6 Å². The zero-order valence-corrected chi connectivity index (χ0v) is 39.8. The third-order valence-electron chi connectivity index (χ3n) is 12.8. The number of anilines is 1. The Morgan fingerprint density at radius 1 is 0.913 bits per heavy atom. The van der Waals surface area contributed by atoms with Crippen LogP contribution < -0.4 is 37.3 Å². The van der Waals surface area contributed by atoms with E-state index in [1.165, 1.54) is 9.80 Å². The fraction of sp³-hybridized carbons (Fsp3) is 0.469. The number of cyclic esters (lactones) is 1. The van der Waals surface area contributed by atoms with E-state index >= 15 is 0 Å². The van der Waals surface area contributed by atoms with Gasteiger partial charge in [-0.2, -0.15) is 0 Å². The standard InChI is InChI=1S/C49H61N9O11/c1-7-32-33-22-31(15-16-37(33)54-41-34(32)24-58-39(41)23-36-35(44(58)61)26-67-45(62)49(36,66)8-2)69-48(65)57-20-18-56(19-21-57)47(64)68-25-29-11-13-30(14-12-29)53-42(59)38(10-9-17-51-46(50)63)55-43(60)40(27(3)4)52-28(5)6/h11-16,22-23,27-28,38,40,52,66H,7-10,17-21,24-26H2,1-6H3,(H,53,59)(H,55,60)(H3,50,51,63)/t38-,40-,49-/m0/s1. The predicted octanol–water partition coefficient (Wildman–Crippen LogP) is 3.99. The Hall–Kier alpha value is -7.06. The molecule has 1 fully saturated rings. The Kier molecular flexibility index (Phi) is 15.2. The Bertz CT molecular complexity index is 2700. The van der Waals surface area contributed by atoms with E-state index in [1.807, 2.05) is 34.6 Å². The maximum absolute atomic E-state index is 13.7. The van der Waals surface area contributed by atoms with Crippen LogP contribution in [0.2, 0.25) is 0 Å². The van der Waals surface area contributed by atoms with Crippen molar-refractivity contribution in [2.24, 2.45) is 11.7 Å². The molecule has 20 heteroatoms. The number of piperazine rings is 1. The summed E-state index contributed by atoms with van der Waals surface area (Å²) in [4.78, 5) is 98.6. The van der Waals surface area contributed by atoms with E-state index in [1.54, 1.807) is 60.0 Å². The zero-order chi connectivity index (χ0) is 49.7. The summed E-state index contributed by atoms with van der Waals surface area (Å²) in [5.41, 5.74) is 8.00. The van der Waals surface area contributed by atoms with Crippen LogP contribution in [0.1, 0.15) is 88.6 Å². The molecule has 0 radical (unpaired) electrons. The first-order chi connectivity index (χ1) is 32.9. The van der Waals surface area contributed by atoms with Gasteiger partial charge in [0.25, 0.3) is 5.56 Å². The maximum Gasteiger partial charge on any atom is 0.415 e. The van der Waals surface area contributed by atoms with Gasteiger partial charge >= 0.3 is 24.2 Å². The summed E-state index contributed by atoms with van der Waals surface area (Å²) in [6.07, 6.45) is 0.137. The molecule has 0 unspecified atom stereocenters. The summed E-state index contributed by atoms with van der Waals surface area (Å²) >= 11 is 0. The second kappa shape index (κ2) is 21.1. The number of fused-ring (bicyclic) bond motifs is 5. The summed E-state index contributed by atoms with van der Waals surface area (Å²) in [5, 5.41) is 23.5. The van der Waals surface area contributed by atoms with Crippen molar-refractivity contribution in [2.75, 3.05) is 38.0 Å². The number of nitrogens with two attached hydrogens (primary N) is 1. The van der Waals surface area contributed by atoms with Crippen molar-refractivity contribution in [3.8, 4) is 17.1 Å². The van der Waals surface area contributed by atoms with Crippen molar-refractivity contribution >= 4 is 52.6 Å². The van der Waals surface area contributed by atoms with Crippen LogP contribution in [0.3, 0.4) is 0 Å². The number of amides is 6. The van der Waals surface area contributed by atoms with Crippen molar-refractivity contribution < 1.29 is 48.1 Å². The number of esters is 1. The van der Waals surface area contributed by atoms with Gasteiger partial charge in [0.2, 0.25) is 11.8 Å². The summed E-state index contributed by atoms with van der Waals surface area (Å²) in [7, 11) is 0. The first-order valence-electron chi connectivity index (χ1n) is 23.4. The van der Waals surface area contributed by atoms with Gasteiger partial charge in [0.05, 0.1) is 35.1 Å². The van der Waals surface area contributed by atoms with Crippen LogP contribution in [-0.4, -0.2) is 111 Å². The molecule has 20 nitrogen and oxygen atoms in total. The van der Waals surface area contributed by atoms with Crippen LogP contribution in [0, 0.1) is 5.92 Å². The predicted molar refractivity (Wildman–Crippen MR) is 254 cm³/mol.